The molecule has 1 aromatic heterocycles. The van der Waals surface area contributed by atoms with E-state index in [1.807, 2.05) is 0 Å². The third kappa shape index (κ3) is 6.23. The molecule has 0 spiro atoms. The average Bonchev–Trinajstić information content (AvgIpc) is 3.48. The predicted molar refractivity (Wildman–Crippen MR) is 163 cm³/mol. The van der Waals surface area contributed by atoms with E-state index in [4.69, 9.17) is 9.57 Å². The van der Waals surface area contributed by atoms with E-state index in [0.29, 0.717) is 27.9 Å². The second kappa shape index (κ2) is 12.5. The molecule has 0 radical (unpaired) electrons. The highest BCUT2D eigenvalue weighted by Gasteiger charge is 2.59. The molecular weight excluding hydrogens is 546 g/mol. The largest absolute Gasteiger partial charge is 0.492 e. The molecule has 43 heavy (non-hydrogen) atoms. The fraction of sp³-hybridized carbons (Fsp3) is 0.771. The summed E-state index contributed by atoms with van der Waals surface area (Å²) in [4.78, 5) is 29.7. The number of aromatic hydroxyl groups is 2. The highest BCUT2D eigenvalue weighted by Crippen LogP contribution is 2.67. The predicted octanol–water partition coefficient (Wildman–Crippen LogP) is 6.56. The van der Waals surface area contributed by atoms with Gasteiger partial charge < -0.3 is 24.9 Å². The number of fused-ring (bicyclic) bond motifs is 5. The van der Waals surface area contributed by atoms with E-state index >= 15 is 0 Å². The van der Waals surface area contributed by atoms with Crippen LogP contribution in [0.3, 0.4) is 0 Å². The van der Waals surface area contributed by atoms with Crippen LogP contribution in [-0.4, -0.2) is 44.2 Å². The van der Waals surface area contributed by atoms with E-state index in [1.54, 1.807) is 0 Å². The molecule has 3 saturated carbocycles. The van der Waals surface area contributed by atoms with Gasteiger partial charge in [-0.25, -0.2) is 4.79 Å². The fourth-order valence-corrected chi connectivity index (χ4v) is 9.76. The fourth-order valence-electron chi connectivity index (χ4n) is 9.76. The van der Waals surface area contributed by atoms with Gasteiger partial charge in [0.2, 0.25) is 11.8 Å². The van der Waals surface area contributed by atoms with Crippen molar-refractivity contribution in [1.29, 1.82) is 0 Å². The van der Waals surface area contributed by atoms with Crippen molar-refractivity contribution >= 4 is 11.9 Å². The van der Waals surface area contributed by atoms with Crippen molar-refractivity contribution in [2.75, 3.05) is 0 Å². The van der Waals surface area contributed by atoms with Gasteiger partial charge in [-0.05, 0) is 104 Å². The molecule has 8 nitrogen and oxygen atoms in total. The first-order valence-corrected chi connectivity index (χ1v) is 16.7. The normalized spacial score (nSPS) is 34.9. The Bertz CT molecular complexity index is 1190. The lowest BCUT2D eigenvalue weighted by Crippen LogP contribution is -2.51. The number of nitrogens with zero attached hydrogens (tertiary/aromatic N) is 1. The SMILES string of the molecule is CC(CC[C@H](O)C(C)C)[C@H]1CCC2C3CC=C4C[C@@H](OC(=O)CCC(=O)On5c(O)ccc5O)CC[C@]4(C)C3CC[C@@]21C. The molecular formula is C35H53NO7. The highest BCUT2D eigenvalue weighted by molar-refractivity contribution is 5.78. The number of aliphatic hydroxyl groups excluding tert-OH is 1. The van der Waals surface area contributed by atoms with Crippen molar-refractivity contribution in [1.82, 2.24) is 4.73 Å². The Labute approximate surface area is 256 Å². The number of carbonyl (C=O) groups excluding carboxylic acids is 2. The Morgan fingerprint density at radius 3 is 2.35 bits per heavy atom. The van der Waals surface area contributed by atoms with Gasteiger partial charge in [-0.1, -0.05) is 46.3 Å². The highest BCUT2D eigenvalue weighted by atomic mass is 16.7. The first-order chi connectivity index (χ1) is 20.3. The number of allylic oxidation sites excluding steroid dienone is 1. The number of rotatable bonds is 10. The third-order valence-electron chi connectivity index (χ3n) is 12.3. The molecule has 4 unspecified atom stereocenters. The first kappa shape index (κ1) is 31.9. The third-order valence-corrected chi connectivity index (χ3v) is 12.3. The van der Waals surface area contributed by atoms with Crippen molar-refractivity contribution in [3.8, 4) is 11.8 Å². The minimum atomic E-state index is -0.739. The number of hydrogen-bond donors (Lipinski definition) is 3. The molecule has 240 valence electrons. The summed E-state index contributed by atoms with van der Waals surface area (Å²) in [5.74, 6) is 1.89. The van der Waals surface area contributed by atoms with Crippen LogP contribution in [0, 0.1) is 46.3 Å². The van der Waals surface area contributed by atoms with Crippen LogP contribution in [0.1, 0.15) is 112 Å². The molecule has 0 aromatic carbocycles. The van der Waals surface area contributed by atoms with Gasteiger partial charge in [-0.15, -0.1) is 4.73 Å². The van der Waals surface area contributed by atoms with Crippen LogP contribution in [0.25, 0.3) is 0 Å². The zero-order valence-corrected chi connectivity index (χ0v) is 26.8. The van der Waals surface area contributed by atoms with Crippen LogP contribution in [-0.2, 0) is 14.3 Å². The number of hydrogen-bond acceptors (Lipinski definition) is 7. The number of esters is 1. The summed E-state index contributed by atoms with van der Waals surface area (Å²) in [5.41, 5.74) is 1.99. The maximum Gasteiger partial charge on any atom is 0.333 e. The van der Waals surface area contributed by atoms with Crippen molar-refractivity contribution in [2.24, 2.45) is 46.3 Å². The van der Waals surface area contributed by atoms with E-state index in [1.165, 1.54) is 43.4 Å². The second-order valence-corrected chi connectivity index (χ2v) is 15.0. The number of aromatic nitrogens is 1. The molecule has 5 rings (SSSR count). The molecule has 0 aliphatic heterocycles. The van der Waals surface area contributed by atoms with E-state index < -0.39 is 23.7 Å². The summed E-state index contributed by atoms with van der Waals surface area (Å²) in [7, 11) is 0. The van der Waals surface area contributed by atoms with E-state index in [-0.39, 0.29) is 30.5 Å². The molecule has 4 aliphatic carbocycles. The Balaban J connectivity index is 1.15. The van der Waals surface area contributed by atoms with Gasteiger partial charge in [0, 0.05) is 18.6 Å². The minimum absolute atomic E-state index is 0.116. The summed E-state index contributed by atoms with van der Waals surface area (Å²) in [6, 6.07) is 2.41. The number of carbonyl (C=O) groups is 2. The smallest absolute Gasteiger partial charge is 0.333 e. The molecule has 3 N–H and O–H groups in total. The molecule has 3 fully saturated rings. The Kier molecular flexibility index (Phi) is 9.27. The maximum absolute atomic E-state index is 12.6. The van der Waals surface area contributed by atoms with E-state index in [2.05, 4.69) is 40.7 Å². The van der Waals surface area contributed by atoms with Crippen molar-refractivity contribution < 1.29 is 34.5 Å². The first-order valence-electron chi connectivity index (χ1n) is 16.7. The molecule has 0 saturated heterocycles. The lowest BCUT2D eigenvalue weighted by molar-refractivity contribution is -0.155. The Morgan fingerprint density at radius 2 is 1.65 bits per heavy atom. The zero-order valence-electron chi connectivity index (χ0n) is 26.8. The Hall–Kier alpha value is -2.48. The number of ether oxygens (including phenoxy) is 1. The van der Waals surface area contributed by atoms with Crippen LogP contribution in [0.4, 0.5) is 0 Å². The summed E-state index contributed by atoms with van der Waals surface area (Å²) < 4.78 is 6.45. The summed E-state index contributed by atoms with van der Waals surface area (Å²) >= 11 is 0. The molecule has 1 heterocycles. The van der Waals surface area contributed by atoms with Crippen molar-refractivity contribution in [3.63, 3.8) is 0 Å². The molecule has 8 heteroatoms. The zero-order chi connectivity index (χ0) is 31.1. The van der Waals surface area contributed by atoms with Gasteiger partial charge in [0.15, 0.2) is 0 Å². The molecule has 9 atom stereocenters. The van der Waals surface area contributed by atoms with Crippen LogP contribution >= 0.6 is 0 Å². The van der Waals surface area contributed by atoms with Crippen LogP contribution in [0.15, 0.2) is 23.8 Å². The second-order valence-electron chi connectivity index (χ2n) is 15.0. The van der Waals surface area contributed by atoms with Crippen LogP contribution in [0.2, 0.25) is 0 Å². The Morgan fingerprint density at radius 1 is 0.953 bits per heavy atom. The lowest BCUT2D eigenvalue weighted by atomic mass is 9.47. The van der Waals surface area contributed by atoms with Gasteiger partial charge in [0.05, 0.1) is 18.9 Å². The van der Waals surface area contributed by atoms with Crippen LogP contribution in [0.5, 0.6) is 11.8 Å². The van der Waals surface area contributed by atoms with Gasteiger partial charge in [-0.3, -0.25) is 4.79 Å². The molecule has 0 amide bonds. The topological polar surface area (TPSA) is 118 Å². The van der Waals surface area contributed by atoms with E-state index in [9.17, 15) is 24.9 Å². The van der Waals surface area contributed by atoms with Crippen LogP contribution < -0.4 is 4.84 Å². The summed E-state index contributed by atoms with van der Waals surface area (Å²) in [6.07, 6.45) is 12.7. The van der Waals surface area contributed by atoms with Crippen molar-refractivity contribution in [3.05, 3.63) is 23.8 Å². The van der Waals surface area contributed by atoms with E-state index in [0.717, 1.165) is 56.3 Å². The van der Waals surface area contributed by atoms with Gasteiger partial charge >= 0.3 is 11.9 Å². The summed E-state index contributed by atoms with van der Waals surface area (Å²) in [5, 5.41) is 29.7. The number of aliphatic hydroxyl groups is 1. The average molecular weight is 600 g/mol. The van der Waals surface area contributed by atoms with Gasteiger partial charge in [-0.2, -0.15) is 0 Å². The standard InChI is InChI=1S/C35H53NO7/c1-21(2)29(37)11-6-22(3)26-9-10-27-25-8-7-23-20-24(16-18-34(23,4)28(25)17-19-35(26,27)5)42-32(40)14-15-33(41)43-36-30(38)12-13-31(36)39/h7,12-13,21-22,24-29,37-39H,6,8-11,14-20H2,1-5H3/t22?,24-,25?,26+,27?,28?,29-,34-,35+/m0/s1. The summed E-state index contributed by atoms with van der Waals surface area (Å²) in [6.45, 7) is 11.7. The van der Waals surface area contributed by atoms with Gasteiger partial charge in [0.1, 0.15) is 6.10 Å². The monoisotopic (exact) mass is 599 g/mol. The minimum Gasteiger partial charge on any atom is -0.492 e. The van der Waals surface area contributed by atoms with Crippen molar-refractivity contribution in [2.45, 2.75) is 124 Å². The molecule has 0 bridgehead atoms. The molecule has 1 aromatic rings. The van der Waals surface area contributed by atoms with Gasteiger partial charge in [0.25, 0.3) is 0 Å². The molecule has 4 aliphatic rings. The maximum atomic E-state index is 12.6. The lowest BCUT2D eigenvalue weighted by Gasteiger charge is -2.58. The quantitative estimate of drug-likeness (QED) is 0.206.